The van der Waals surface area contributed by atoms with Gasteiger partial charge in [0.05, 0.1) is 22.3 Å². The fourth-order valence-corrected chi connectivity index (χ4v) is 19.2. The van der Waals surface area contributed by atoms with E-state index in [0.717, 1.165) is 208 Å². The number of benzene rings is 8. The van der Waals surface area contributed by atoms with E-state index in [1.807, 2.05) is 0 Å². The molecule has 1 spiro atoms. The summed E-state index contributed by atoms with van der Waals surface area (Å²) < 4.78 is 39.0. The van der Waals surface area contributed by atoms with Crippen LogP contribution >= 0.6 is 0 Å². The molecule has 12 heteroatoms. The van der Waals surface area contributed by atoms with Gasteiger partial charge in [-0.25, -0.2) is 0 Å². The number of ether oxygens (including phenoxy) is 4. The Kier molecular flexibility index (Phi) is 32.6. The summed E-state index contributed by atoms with van der Waals surface area (Å²) in [4.78, 5) is 24.2. The molecule has 0 aromatic heterocycles. The lowest BCUT2D eigenvalue weighted by molar-refractivity contribution is -1.06. The van der Waals surface area contributed by atoms with Gasteiger partial charge in [0.15, 0.2) is 0 Å². The number of fused-ring (bicyclic) bond motifs is 12. The molecular formula is C117H136N8O4+4. The van der Waals surface area contributed by atoms with Gasteiger partial charge in [-0.05, 0) is 273 Å². The van der Waals surface area contributed by atoms with E-state index in [-0.39, 0.29) is 0 Å². The predicted octanol–water partition coefficient (Wildman–Crippen LogP) is 30.4. The molecule has 0 bridgehead atoms. The van der Waals surface area contributed by atoms with Crippen molar-refractivity contribution in [1.29, 1.82) is 0 Å². The van der Waals surface area contributed by atoms with E-state index < -0.39 is 5.91 Å². The van der Waals surface area contributed by atoms with Gasteiger partial charge in [0.2, 0.25) is 0 Å². The van der Waals surface area contributed by atoms with Crippen molar-refractivity contribution < 1.29 is 37.2 Å². The standard InChI is InChI=1S/C117H136N8O4/c1-5-9-13-17-21-25-29-33-37-41-45-49-53-65-89-69-57-73-93(85-89)126-101-81-61-77-97-105(101)113-119-111-99-79-63-83-103(128-95-75-59-71-91(87-95)67-55-51-47-43-39-35-31-27-23-19-15-11-7-3)107(99)115-121-116-108-100(80-64-84-104(108)129-96-76-60-72-92(88-96)68-56-52-48-44-40-36-32-28-24-20-16-12-8-4)112-120-114-106-98(110-118-109(97)122(113)117(123(110)114,124(111)115)125(112)116)78-62-82-102(106)127-94-74-58-70-90(86-94)66-54-50-46-42-38-34-30-26-22-18-14-10-6-2/h13-20,25-32,57-64,69-88H,5-12,21-24,33-56,65-68H2,1-4H3/q+4/b17-13+,18-14+,19-15+,20-16+,29-25+,30-26+,31-27+,32-28+. The highest BCUT2D eigenvalue weighted by Gasteiger charge is 2.79. The second-order valence-corrected chi connectivity index (χ2v) is 35.8. The number of aliphatic imine (C=N–C) groups is 4. The number of aryl methyl sites for hydroxylation is 4. The fourth-order valence-electron chi connectivity index (χ4n) is 19.2. The third kappa shape index (κ3) is 21.7. The number of hydrogen-bond donors (Lipinski definition) is 0. The van der Waals surface area contributed by atoms with Crippen molar-refractivity contribution in [3.05, 3.63) is 334 Å². The Labute approximate surface area is 769 Å². The van der Waals surface area contributed by atoms with E-state index in [9.17, 15) is 0 Å². The van der Waals surface area contributed by atoms with E-state index in [1.165, 1.54) is 151 Å². The predicted molar refractivity (Wildman–Crippen MR) is 535 cm³/mol. The van der Waals surface area contributed by atoms with Crippen LogP contribution in [0.5, 0.6) is 46.0 Å². The first-order valence-electron chi connectivity index (χ1n) is 49.8. The normalized spacial score (nSPS) is 15.9. The molecule has 0 saturated carbocycles. The molecule has 16 rings (SSSR count). The average molecular weight is 1720 g/mol. The lowest BCUT2D eigenvalue weighted by Crippen LogP contribution is -2.76. The highest BCUT2D eigenvalue weighted by atomic mass is 16.5. The van der Waals surface area contributed by atoms with Crippen LogP contribution in [-0.2, 0) is 25.7 Å². The van der Waals surface area contributed by atoms with Gasteiger partial charge in [0.25, 0.3) is 46.7 Å². The molecule has 8 aromatic carbocycles. The molecule has 8 aromatic rings. The van der Waals surface area contributed by atoms with Gasteiger partial charge in [-0.3, -0.25) is 0 Å². The summed E-state index contributed by atoms with van der Waals surface area (Å²) in [7, 11) is 0. The van der Waals surface area contributed by atoms with Crippen LogP contribution in [0.4, 0.5) is 0 Å². The Morgan fingerprint density at radius 3 is 0.783 bits per heavy atom. The molecule has 1 unspecified atom stereocenters. The largest absolute Gasteiger partial charge is 0.491 e. The number of rotatable bonds is 56. The minimum absolute atomic E-state index is 0.675. The molecule has 0 fully saturated rings. The minimum Gasteiger partial charge on any atom is -0.456 e. The van der Waals surface area contributed by atoms with Crippen molar-refractivity contribution >= 4 is 46.7 Å². The molecule has 8 heterocycles. The minimum atomic E-state index is -1.43. The smallest absolute Gasteiger partial charge is 0.456 e. The van der Waals surface area contributed by atoms with E-state index in [0.29, 0.717) is 58.0 Å². The zero-order chi connectivity index (χ0) is 88.0. The molecule has 664 valence electrons. The Morgan fingerprint density at radius 1 is 0.233 bits per heavy atom. The number of hydrogen-bond acceptors (Lipinski definition) is 8. The van der Waals surface area contributed by atoms with Gasteiger partial charge < -0.3 is 18.9 Å². The maximum Gasteiger partial charge on any atom is 0.491 e. The van der Waals surface area contributed by atoms with Gasteiger partial charge in [0.1, 0.15) is 68.2 Å². The van der Waals surface area contributed by atoms with Crippen LogP contribution in [0.1, 0.15) is 326 Å². The zero-order valence-corrected chi connectivity index (χ0v) is 77.4. The third-order valence-electron chi connectivity index (χ3n) is 25.8. The van der Waals surface area contributed by atoms with E-state index in [2.05, 4.69) is 313 Å². The summed E-state index contributed by atoms with van der Waals surface area (Å²) in [5, 5.41) is 0. The molecule has 8 aliphatic rings. The first-order chi connectivity index (χ1) is 63.9. The van der Waals surface area contributed by atoms with Crippen LogP contribution in [0.15, 0.2) is 287 Å². The molecule has 0 radical (unpaired) electrons. The van der Waals surface area contributed by atoms with Gasteiger partial charge in [0, 0.05) is 0 Å². The number of nitrogens with zero attached hydrogens (tertiary/aromatic N) is 8. The Morgan fingerprint density at radius 2 is 0.473 bits per heavy atom. The van der Waals surface area contributed by atoms with Crippen LogP contribution in [-0.4, -0.2) is 70.9 Å². The zero-order valence-electron chi connectivity index (χ0n) is 77.4. The Hall–Kier alpha value is -11.8. The van der Waals surface area contributed by atoms with Gasteiger partial charge in [-0.2, -0.15) is 0 Å². The first-order valence-corrected chi connectivity index (χ1v) is 49.8. The second-order valence-electron chi connectivity index (χ2n) is 35.8. The van der Waals surface area contributed by atoms with E-state index >= 15 is 0 Å². The third-order valence-corrected chi connectivity index (χ3v) is 25.8. The molecule has 0 aliphatic carbocycles. The topological polar surface area (TPSA) is 98.4 Å². The molecule has 12 nitrogen and oxygen atoms in total. The van der Waals surface area contributed by atoms with Crippen LogP contribution in [0.2, 0.25) is 0 Å². The highest BCUT2D eigenvalue weighted by molar-refractivity contribution is 6.31. The van der Waals surface area contributed by atoms with Crippen molar-refractivity contribution in [2.75, 3.05) is 0 Å². The second kappa shape index (κ2) is 46.5. The van der Waals surface area contributed by atoms with Gasteiger partial charge in [-0.1, -0.05) is 320 Å². The number of allylic oxidation sites excluding steroid dienone is 16. The lowest BCUT2D eigenvalue weighted by atomic mass is 10.0. The number of amidine groups is 8. The summed E-state index contributed by atoms with van der Waals surface area (Å²) >= 11 is 0. The van der Waals surface area contributed by atoms with Crippen LogP contribution < -0.4 is 18.9 Å². The molecule has 0 N–H and O–H groups in total. The molecular weight excluding hydrogens is 1580 g/mol. The van der Waals surface area contributed by atoms with Crippen molar-refractivity contribution in [3.8, 4) is 46.0 Å². The van der Waals surface area contributed by atoms with Crippen LogP contribution in [0, 0.1) is 0 Å². The maximum atomic E-state index is 7.42. The summed E-state index contributed by atoms with van der Waals surface area (Å²) in [5.41, 5.74) is 12.0. The summed E-state index contributed by atoms with van der Waals surface area (Å²) in [5.74, 6) is 10.0. The van der Waals surface area contributed by atoms with E-state index in [4.69, 9.17) is 38.9 Å². The maximum absolute atomic E-state index is 7.42. The van der Waals surface area contributed by atoms with Gasteiger partial charge in [-0.15, -0.1) is 18.3 Å². The van der Waals surface area contributed by atoms with Crippen molar-refractivity contribution in [2.24, 2.45) is 20.0 Å². The molecule has 129 heavy (non-hydrogen) atoms. The molecule has 0 amide bonds. The van der Waals surface area contributed by atoms with Crippen LogP contribution in [0.25, 0.3) is 0 Å². The summed E-state index contributed by atoms with van der Waals surface area (Å²) in [6, 6.07) is 60.5. The first kappa shape index (κ1) is 90.6. The molecule has 1 atom stereocenters. The van der Waals surface area contributed by atoms with Crippen LogP contribution in [0.3, 0.4) is 0 Å². The summed E-state index contributed by atoms with van der Waals surface area (Å²) in [6.45, 7) is 8.93. The van der Waals surface area contributed by atoms with Crippen molar-refractivity contribution in [2.45, 2.75) is 290 Å². The Bertz CT molecular complexity index is 5800. The lowest BCUT2D eigenvalue weighted by Gasteiger charge is -2.38. The Balaban J connectivity index is 0.749. The fraction of sp³-hybridized carbons (Fsp3) is 0.385. The highest BCUT2D eigenvalue weighted by Crippen LogP contribution is 2.52. The summed E-state index contributed by atoms with van der Waals surface area (Å²) in [6.07, 6.45) is 83.1. The molecule has 8 aliphatic heterocycles. The van der Waals surface area contributed by atoms with E-state index in [1.54, 1.807) is 0 Å². The quantitative estimate of drug-likeness (QED) is 0.0215. The monoisotopic (exact) mass is 1720 g/mol. The SMILES string of the molecule is CCC/C=C/C/C=C/CCCCCCCc1cccc(Oc2cccc3c2C2=NC4=[N+]5C(=NC6=[N+]7C(=NC8=[N+]9C(=NC3=[N+]2C597)c2cccc(Oc3cccc(CCCCCCC/C=C/C/C=C/CCC)c3)c28)c2cccc(Oc3cccc(CCCCCCC/C=C/C/C=C/CCC)c3)c26)c2c(Oc3cccc(CCCCCCC/C=C/C/C=C/CCC)c3)cccc24)c1. The van der Waals surface area contributed by atoms with Crippen molar-refractivity contribution in [3.63, 3.8) is 0 Å². The number of unbranched alkanes of at least 4 members (excludes halogenated alkanes) is 24. The average Bonchev–Trinajstić information content (AvgIpc) is 1.45. The molecule has 0 saturated heterocycles. The van der Waals surface area contributed by atoms with Crippen molar-refractivity contribution in [1.82, 2.24) is 0 Å². The van der Waals surface area contributed by atoms with Gasteiger partial charge >= 0.3 is 5.91 Å².